The molecule has 0 radical (unpaired) electrons. The summed E-state index contributed by atoms with van der Waals surface area (Å²) < 4.78 is 12.0. The predicted molar refractivity (Wildman–Crippen MR) is 81.3 cm³/mol. The van der Waals surface area contributed by atoms with Crippen LogP contribution in [0.1, 0.15) is 53.0 Å². The highest BCUT2D eigenvalue weighted by atomic mass is 35.5. The molecule has 104 valence electrons. The normalized spacial score (nSPS) is 21.2. The van der Waals surface area contributed by atoms with Crippen molar-refractivity contribution in [1.82, 2.24) is 0 Å². The quantitative estimate of drug-likeness (QED) is 0.768. The van der Waals surface area contributed by atoms with Gasteiger partial charge >= 0.3 is 7.12 Å². The zero-order valence-corrected chi connectivity index (χ0v) is 13.3. The fraction of sp³-hybridized carbons (Fsp3) is 0.600. The van der Waals surface area contributed by atoms with Gasteiger partial charge < -0.3 is 9.31 Å². The first kappa shape index (κ1) is 14.9. The van der Waals surface area contributed by atoms with E-state index in [1.165, 1.54) is 0 Å². The summed E-state index contributed by atoms with van der Waals surface area (Å²) in [4.78, 5) is 0. The topological polar surface area (TPSA) is 18.5 Å². The summed E-state index contributed by atoms with van der Waals surface area (Å²) in [6, 6.07) is 6.07. The van der Waals surface area contributed by atoms with Crippen LogP contribution in [0.3, 0.4) is 0 Å². The Morgan fingerprint density at radius 2 is 1.58 bits per heavy atom. The van der Waals surface area contributed by atoms with Crippen LogP contribution in [0.4, 0.5) is 0 Å². The Hall–Kier alpha value is -0.505. The Bertz CT molecular complexity index is 467. The van der Waals surface area contributed by atoms with Gasteiger partial charge in [0.2, 0.25) is 0 Å². The van der Waals surface area contributed by atoms with Gasteiger partial charge in [0.15, 0.2) is 0 Å². The lowest BCUT2D eigenvalue weighted by Gasteiger charge is -2.32. The molecule has 1 aliphatic heterocycles. The van der Waals surface area contributed by atoms with Crippen molar-refractivity contribution in [2.45, 2.75) is 58.7 Å². The van der Waals surface area contributed by atoms with E-state index < -0.39 is 0 Å². The molecule has 1 aliphatic rings. The van der Waals surface area contributed by atoms with Crippen LogP contribution >= 0.6 is 11.6 Å². The summed E-state index contributed by atoms with van der Waals surface area (Å²) in [5, 5.41) is 0.780. The highest BCUT2D eigenvalue weighted by molar-refractivity contribution is 6.62. The van der Waals surface area contributed by atoms with Crippen molar-refractivity contribution in [3.05, 3.63) is 28.8 Å². The van der Waals surface area contributed by atoms with E-state index in [1.807, 2.05) is 12.1 Å². The van der Waals surface area contributed by atoms with Crippen molar-refractivity contribution in [1.29, 1.82) is 0 Å². The van der Waals surface area contributed by atoms with Crippen LogP contribution in [0.15, 0.2) is 18.2 Å². The van der Waals surface area contributed by atoms with E-state index in [0.29, 0.717) is 5.92 Å². The van der Waals surface area contributed by atoms with Crippen LogP contribution < -0.4 is 5.46 Å². The molecule has 0 spiro atoms. The SMILES string of the molecule is CC(C)c1ccc(B2OC(C)(C)C(C)(C)O2)cc1Cl. The maximum atomic E-state index is 6.33. The molecule has 1 aromatic rings. The largest absolute Gasteiger partial charge is 0.494 e. The Balaban J connectivity index is 2.28. The molecular formula is C15H22BClO2. The Morgan fingerprint density at radius 1 is 1.05 bits per heavy atom. The monoisotopic (exact) mass is 280 g/mol. The van der Waals surface area contributed by atoms with Crippen molar-refractivity contribution in [2.24, 2.45) is 0 Å². The van der Waals surface area contributed by atoms with Crippen molar-refractivity contribution in [3.63, 3.8) is 0 Å². The maximum Gasteiger partial charge on any atom is 0.494 e. The first-order valence-corrected chi connectivity index (χ1v) is 7.17. The minimum Gasteiger partial charge on any atom is -0.399 e. The molecule has 1 fully saturated rings. The molecule has 2 nitrogen and oxygen atoms in total. The lowest BCUT2D eigenvalue weighted by Crippen LogP contribution is -2.41. The van der Waals surface area contributed by atoms with Gasteiger partial charge in [-0.15, -0.1) is 0 Å². The summed E-state index contributed by atoms with van der Waals surface area (Å²) in [6.07, 6.45) is 0. The van der Waals surface area contributed by atoms with E-state index >= 15 is 0 Å². The van der Waals surface area contributed by atoms with Gasteiger partial charge in [-0.1, -0.05) is 37.6 Å². The van der Waals surface area contributed by atoms with Crippen LogP contribution in [-0.4, -0.2) is 18.3 Å². The molecule has 1 saturated heterocycles. The molecule has 0 N–H and O–H groups in total. The number of halogens is 1. The van der Waals surface area contributed by atoms with E-state index in [9.17, 15) is 0 Å². The molecule has 0 saturated carbocycles. The fourth-order valence-corrected chi connectivity index (χ4v) is 2.54. The van der Waals surface area contributed by atoms with Gasteiger partial charge in [0.25, 0.3) is 0 Å². The zero-order valence-electron chi connectivity index (χ0n) is 12.6. The second-order valence-corrected chi connectivity index (χ2v) is 6.93. The van der Waals surface area contributed by atoms with Crippen LogP contribution in [0.5, 0.6) is 0 Å². The molecule has 2 rings (SSSR count). The summed E-state index contributed by atoms with van der Waals surface area (Å²) in [5.74, 6) is 0.417. The highest BCUT2D eigenvalue weighted by Gasteiger charge is 2.51. The third-order valence-corrected chi connectivity index (χ3v) is 4.50. The Labute approximate surface area is 121 Å². The molecule has 1 aromatic carbocycles. The fourth-order valence-electron chi connectivity index (χ4n) is 2.14. The summed E-state index contributed by atoms with van der Waals surface area (Å²) in [6.45, 7) is 12.5. The first-order valence-electron chi connectivity index (χ1n) is 6.79. The smallest absolute Gasteiger partial charge is 0.399 e. The molecule has 0 bridgehead atoms. The summed E-state index contributed by atoms with van der Waals surface area (Å²) in [5.41, 5.74) is 1.50. The molecule has 19 heavy (non-hydrogen) atoms. The molecule has 0 atom stereocenters. The average molecular weight is 281 g/mol. The predicted octanol–water partition coefficient (Wildman–Crippen LogP) is 3.76. The molecule has 0 aliphatic carbocycles. The van der Waals surface area contributed by atoms with E-state index in [-0.39, 0.29) is 18.3 Å². The lowest BCUT2D eigenvalue weighted by molar-refractivity contribution is 0.00578. The Morgan fingerprint density at radius 3 is 2.00 bits per heavy atom. The van der Waals surface area contributed by atoms with Gasteiger partial charge in [0, 0.05) is 5.02 Å². The van der Waals surface area contributed by atoms with Gasteiger partial charge in [-0.3, -0.25) is 0 Å². The van der Waals surface area contributed by atoms with Gasteiger partial charge in [-0.2, -0.15) is 0 Å². The van der Waals surface area contributed by atoms with E-state index in [4.69, 9.17) is 20.9 Å². The van der Waals surface area contributed by atoms with Gasteiger partial charge in [0.1, 0.15) is 0 Å². The minimum atomic E-state index is -0.344. The number of hydrogen-bond acceptors (Lipinski definition) is 2. The average Bonchev–Trinajstić information content (AvgIpc) is 2.47. The molecule has 0 unspecified atom stereocenters. The van der Waals surface area contributed by atoms with Crippen molar-refractivity contribution < 1.29 is 9.31 Å². The highest BCUT2D eigenvalue weighted by Crippen LogP contribution is 2.36. The number of rotatable bonds is 2. The number of benzene rings is 1. The zero-order chi connectivity index (χ0) is 14.4. The van der Waals surface area contributed by atoms with Crippen LogP contribution in [0.2, 0.25) is 5.02 Å². The van der Waals surface area contributed by atoms with E-state index in [1.54, 1.807) is 0 Å². The van der Waals surface area contributed by atoms with E-state index in [2.05, 4.69) is 47.6 Å². The number of hydrogen-bond donors (Lipinski definition) is 0. The molecule has 1 heterocycles. The lowest BCUT2D eigenvalue weighted by atomic mass is 9.78. The minimum absolute atomic E-state index is 0.319. The second-order valence-electron chi connectivity index (χ2n) is 6.52. The first-order chi connectivity index (χ1) is 8.64. The third kappa shape index (κ3) is 2.69. The summed E-state index contributed by atoms with van der Waals surface area (Å²) >= 11 is 6.33. The molecule has 0 aromatic heterocycles. The maximum absolute atomic E-state index is 6.33. The molecular weight excluding hydrogens is 258 g/mol. The van der Waals surface area contributed by atoms with Crippen LogP contribution in [0, 0.1) is 0 Å². The Kier molecular flexibility index (Phi) is 3.76. The van der Waals surface area contributed by atoms with Gasteiger partial charge in [0.05, 0.1) is 11.2 Å². The van der Waals surface area contributed by atoms with Gasteiger partial charge in [-0.05, 0) is 50.7 Å². The molecule has 4 heteroatoms. The summed E-state index contributed by atoms with van der Waals surface area (Å²) in [7, 11) is -0.344. The third-order valence-electron chi connectivity index (χ3n) is 4.17. The van der Waals surface area contributed by atoms with E-state index in [0.717, 1.165) is 16.0 Å². The second kappa shape index (κ2) is 4.80. The van der Waals surface area contributed by atoms with Crippen molar-refractivity contribution in [3.8, 4) is 0 Å². The standard InChI is InChI=1S/C15H22BClO2/c1-10(2)12-8-7-11(9-13(12)17)16-18-14(3,4)15(5,6)19-16/h7-10H,1-6H3. The van der Waals surface area contributed by atoms with Crippen molar-refractivity contribution >= 4 is 24.2 Å². The van der Waals surface area contributed by atoms with Crippen molar-refractivity contribution in [2.75, 3.05) is 0 Å². The van der Waals surface area contributed by atoms with Gasteiger partial charge in [-0.25, -0.2) is 0 Å². The van der Waals surface area contributed by atoms with Crippen LogP contribution in [0.25, 0.3) is 0 Å². The van der Waals surface area contributed by atoms with Crippen LogP contribution in [-0.2, 0) is 9.31 Å². The molecule has 0 amide bonds.